The summed E-state index contributed by atoms with van der Waals surface area (Å²) in [5, 5.41) is 1.85. The van der Waals surface area contributed by atoms with Crippen LogP contribution in [0.4, 0.5) is 0 Å². The molecule has 4 nitrogen and oxygen atoms in total. The highest BCUT2D eigenvalue weighted by atomic mass is 35.5. The third-order valence-corrected chi connectivity index (χ3v) is 6.72. The second-order valence-corrected chi connectivity index (χ2v) is 8.76. The molecule has 1 saturated heterocycles. The zero-order valence-corrected chi connectivity index (χ0v) is 18.2. The van der Waals surface area contributed by atoms with E-state index in [0.717, 1.165) is 42.3 Å². The SMILES string of the molecule is O=C(CSc1ncc(-c2ccc(Cl)c(Cl)c2)n1Cc1ccccc1)N1CCCC1. The number of hydrogen-bond acceptors (Lipinski definition) is 3. The molecule has 0 bridgehead atoms. The first-order valence-electron chi connectivity index (χ1n) is 9.57. The molecule has 4 rings (SSSR count). The molecule has 7 heteroatoms. The van der Waals surface area contributed by atoms with Gasteiger partial charge in [0.15, 0.2) is 5.16 Å². The van der Waals surface area contributed by atoms with Gasteiger partial charge in [0.1, 0.15) is 0 Å². The van der Waals surface area contributed by atoms with Gasteiger partial charge in [-0.05, 0) is 30.5 Å². The topological polar surface area (TPSA) is 38.1 Å². The molecule has 0 atom stereocenters. The van der Waals surface area contributed by atoms with E-state index >= 15 is 0 Å². The van der Waals surface area contributed by atoms with Crippen molar-refractivity contribution in [3.8, 4) is 11.3 Å². The van der Waals surface area contributed by atoms with Gasteiger partial charge in [-0.2, -0.15) is 0 Å². The van der Waals surface area contributed by atoms with E-state index in [9.17, 15) is 4.79 Å². The molecule has 0 unspecified atom stereocenters. The number of benzene rings is 2. The fourth-order valence-corrected chi connectivity index (χ4v) is 4.64. The second kappa shape index (κ2) is 9.24. The van der Waals surface area contributed by atoms with Crippen LogP contribution in [0.3, 0.4) is 0 Å². The minimum Gasteiger partial charge on any atom is -0.342 e. The largest absolute Gasteiger partial charge is 0.342 e. The molecule has 0 spiro atoms. The van der Waals surface area contributed by atoms with Crippen molar-refractivity contribution in [2.45, 2.75) is 24.5 Å². The fourth-order valence-electron chi connectivity index (χ4n) is 3.46. The minimum atomic E-state index is 0.179. The predicted octanol–water partition coefficient (Wildman–Crippen LogP) is 5.62. The van der Waals surface area contributed by atoms with E-state index in [0.29, 0.717) is 22.3 Å². The number of halogens is 2. The molecule has 0 aliphatic carbocycles. The Morgan fingerprint density at radius 3 is 2.52 bits per heavy atom. The van der Waals surface area contributed by atoms with Crippen LogP contribution in [0.5, 0.6) is 0 Å². The van der Waals surface area contributed by atoms with E-state index in [2.05, 4.69) is 21.7 Å². The molecule has 150 valence electrons. The van der Waals surface area contributed by atoms with Gasteiger partial charge in [-0.3, -0.25) is 4.79 Å². The van der Waals surface area contributed by atoms with E-state index in [-0.39, 0.29) is 5.91 Å². The first-order valence-corrected chi connectivity index (χ1v) is 11.3. The summed E-state index contributed by atoms with van der Waals surface area (Å²) in [6.07, 6.45) is 4.03. The lowest BCUT2D eigenvalue weighted by atomic mass is 10.1. The number of imidazole rings is 1. The molecular weight excluding hydrogens is 425 g/mol. The van der Waals surface area contributed by atoms with Gasteiger partial charge in [-0.15, -0.1) is 0 Å². The summed E-state index contributed by atoms with van der Waals surface area (Å²) in [6, 6.07) is 15.8. The van der Waals surface area contributed by atoms with Crippen molar-refractivity contribution in [1.82, 2.24) is 14.5 Å². The number of hydrogen-bond donors (Lipinski definition) is 0. The van der Waals surface area contributed by atoms with Gasteiger partial charge < -0.3 is 9.47 Å². The molecule has 29 heavy (non-hydrogen) atoms. The summed E-state index contributed by atoms with van der Waals surface area (Å²) in [6.45, 7) is 2.40. The molecule has 0 saturated carbocycles. The van der Waals surface area contributed by atoms with Crippen LogP contribution >= 0.6 is 35.0 Å². The summed E-state index contributed by atoms with van der Waals surface area (Å²) >= 11 is 13.8. The van der Waals surface area contributed by atoms with Crippen molar-refractivity contribution >= 4 is 40.9 Å². The normalized spacial score (nSPS) is 13.8. The average molecular weight is 446 g/mol. The molecule has 1 aliphatic rings. The highest BCUT2D eigenvalue weighted by Gasteiger charge is 2.20. The molecule has 0 radical (unpaired) electrons. The van der Waals surface area contributed by atoms with Crippen LogP contribution in [0, 0.1) is 0 Å². The number of aromatic nitrogens is 2. The molecule has 1 aromatic heterocycles. The predicted molar refractivity (Wildman–Crippen MR) is 120 cm³/mol. The molecular formula is C22H21Cl2N3OS. The zero-order valence-electron chi connectivity index (χ0n) is 15.9. The van der Waals surface area contributed by atoms with E-state index in [1.54, 1.807) is 6.07 Å². The summed E-state index contributed by atoms with van der Waals surface area (Å²) in [4.78, 5) is 19.0. The van der Waals surface area contributed by atoms with Gasteiger partial charge in [0, 0.05) is 18.7 Å². The Kier molecular flexibility index (Phi) is 6.48. The summed E-state index contributed by atoms with van der Waals surface area (Å²) in [7, 11) is 0. The summed E-state index contributed by atoms with van der Waals surface area (Å²) in [5.41, 5.74) is 3.06. The monoisotopic (exact) mass is 445 g/mol. The van der Waals surface area contributed by atoms with Crippen molar-refractivity contribution in [1.29, 1.82) is 0 Å². The molecule has 2 heterocycles. The van der Waals surface area contributed by atoms with Crippen LogP contribution in [-0.4, -0.2) is 39.2 Å². The lowest BCUT2D eigenvalue weighted by Gasteiger charge is -2.16. The van der Waals surface area contributed by atoms with Crippen LogP contribution in [-0.2, 0) is 11.3 Å². The van der Waals surface area contributed by atoms with Gasteiger partial charge in [0.05, 0.1) is 34.2 Å². The van der Waals surface area contributed by atoms with Gasteiger partial charge in [-0.1, -0.05) is 71.4 Å². The van der Waals surface area contributed by atoms with Crippen LogP contribution in [0.2, 0.25) is 10.0 Å². The highest BCUT2D eigenvalue weighted by molar-refractivity contribution is 7.99. The van der Waals surface area contributed by atoms with Crippen molar-refractivity contribution in [3.05, 3.63) is 70.3 Å². The fraction of sp³-hybridized carbons (Fsp3) is 0.273. The standard InChI is InChI=1S/C22H21Cl2N3OS/c23-18-9-8-17(12-19(18)24)20-13-25-22(27(20)14-16-6-2-1-3-7-16)29-15-21(28)26-10-4-5-11-26/h1-3,6-9,12-13H,4-5,10-11,14-15H2. The third-order valence-electron chi connectivity index (χ3n) is 5.00. The number of amides is 1. The lowest BCUT2D eigenvalue weighted by molar-refractivity contribution is -0.127. The van der Waals surface area contributed by atoms with Gasteiger partial charge in [0.2, 0.25) is 5.91 Å². The Morgan fingerprint density at radius 2 is 1.79 bits per heavy atom. The Hall–Kier alpha value is -1.95. The maximum absolute atomic E-state index is 12.5. The smallest absolute Gasteiger partial charge is 0.233 e. The number of likely N-dealkylation sites (tertiary alicyclic amines) is 1. The summed E-state index contributed by atoms with van der Waals surface area (Å²) < 4.78 is 2.14. The average Bonchev–Trinajstić information content (AvgIpc) is 3.40. The van der Waals surface area contributed by atoms with Crippen LogP contribution in [0.1, 0.15) is 18.4 Å². The molecule has 0 N–H and O–H groups in total. The zero-order chi connectivity index (χ0) is 20.2. The van der Waals surface area contributed by atoms with Gasteiger partial charge in [-0.25, -0.2) is 4.98 Å². The van der Waals surface area contributed by atoms with Gasteiger partial charge >= 0.3 is 0 Å². The maximum Gasteiger partial charge on any atom is 0.233 e. The van der Waals surface area contributed by atoms with Crippen LogP contribution < -0.4 is 0 Å². The van der Waals surface area contributed by atoms with Crippen molar-refractivity contribution in [2.24, 2.45) is 0 Å². The van der Waals surface area contributed by atoms with Gasteiger partial charge in [0.25, 0.3) is 0 Å². The Bertz CT molecular complexity index is 1000. The van der Waals surface area contributed by atoms with E-state index in [1.807, 2.05) is 41.4 Å². The Balaban J connectivity index is 1.62. The molecule has 3 aromatic rings. The lowest BCUT2D eigenvalue weighted by Crippen LogP contribution is -2.29. The number of carbonyl (C=O) groups excluding carboxylic acids is 1. The van der Waals surface area contributed by atoms with E-state index in [4.69, 9.17) is 23.2 Å². The maximum atomic E-state index is 12.5. The second-order valence-electron chi connectivity index (χ2n) is 7.00. The third kappa shape index (κ3) is 4.80. The van der Waals surface area contributed by atoms with Crippen molar-refractivity contribution < 1.29 is 4.79 Å². The quantitative estimate of drug-likeness (QED) is 0.462. The van der Waals surface area contributed by atoms with Crippen LogP contribution in [0.25, 0.3) is 11.3 Å². The molecule has 1 aliphatic heterocycles. The molecule has 1 fully saturated rings. The molecule has 1 amide bonds. The van der Waals surface area contributed by atoms with E-state index in [1.165, 1.54) is 17.3 Å². The first kappa shape index (κ1) is 20.3. The van der Waals surface area contributed by atoms with Crippen molar-refractivity contribution in [2.75, 3.05) is 18.8 Å². The Morgan fingerprint density at radius 1 is 1.03 bits per heavy atom. The number of rotatable bonds is 6. The highest BCUT2D eigenvalue weighted by Crippen LogP contribution is 2.32. The van der Waals surface area contributed by atoms with Crippen molar-refractivity contribution in [3.63, 3.8) is 0 Å². The number of nitrogens with zero attached hydrogens (tertiary/aromatic N) is 3. The number of thioether (sulfide) groups is 1. The minimum absolute atomic E-state index is 0.179. The summed E-state index contributed by atoms with van der Waals surface area (Å²) in [5.74, 6) is 0.574. The molecule has 2 aromatic carbocycles. The van der Waals surface area contributed by atoms with E-state index < -0.39 is 0 Å². The van der Waals surface area contributed by atoms with Crippen LogP contribution in [0.15, 0.2) is 59.9 Å². The first-order chi connectivity index (χ1) is 14.1. The Labute approximate surface area is 184 Å². The number of carbonyl (C=O) groups is 1.